The minimum absolute atomic E-state index is 0.0814. The van der Waals surface area contributed by atoms with Crippen molar-refractivity contribution in [3.8, 4) is 5.88 Å². The van der Waals surface area contributed by atoms with Crippen LogP contribution in [0.5, 0.6) is 5.88 Å². The number of imidazole rings is 1. The molecule has 92 valence electrons. The van der Waals surface area contributed by atoms with Gasteiger partial charge in [0.25, 0.3) is 0 Å². The fourth-order valence-corrected chi connectivity index (χ4v) is 2.07. The fourth-order valence-electron chi connectivity index (χ4n) is 1.76. The third kappa shape index (κ3) is 2.45. The van der Waals surface area contributed by atoms with E-state index in [9.17, 15) is 9.90 Å². The predicted octanol–water partition coefficient (Wildman–Crippen LogP) is 2.00. The number of hydrogen-bond donors (Lipinski definition) is 2. The van der Waals surface area contributed by atoms with E-state index in [1.807, 2.05) is 6.92 Å². The average molecular weight is 244 g/mol. The zero-order valence-electron chi connectivity index (χ0n) is 9.94. The Hall–Kier alpha value is -0.840. The van der Waals surface area contributed by atoms with Gasteiger partial charge < -0.3 is 5.11 Å². The van der Waals surface area contributed by atoms with Gasteiger partial charge in [-0.2, -0.15) is 12.6 Å². The summed E-state index contributed by atoms with van der Waals surface area (Å²) in [5.74, 6) is 0.472. The predicted molar refractivity (Wildman–Crippen MR) is 68.2 cm³/mol. The van der Waals surface area contributed by atoms with Crippen molar-refractivity contribution in [1.29, 1.82) is 0 Å². The molecule has 0 radical (unpaired) electrons. The third-order valence-corrected chi connectivity index (χ3v) is 2.93. The number of aromatic nitrogens is 2. The molecular formula is C11H20N2O2S. The lowest BCUT2D eigenvalue weighted by molar-refractivity contribution is 0.408. The molecule has 0 aliphatic rings. The monoisotopic (exact) mass is 244 g/mol. The maximum Gasteiger partial charge on any atom is 0.331 e. The van der Waals surface area contributed by atoms with E-state index < -0.39 is 0 Å². The second kappa shape index (κ2) is 6.03. The van der Waals surface area contributed by atoms with Gasteiger partial charge in [0.2, 0.25) is 5.88 Å². The van der Waals surface area contributed by atoms with E-state index in [1.54, 1.807) is 4.57 Å². The molecule has 16 heavy (non-hydrogen) atoms. The summed E-state index contributed by atoms with van der Waals surface area (Å²) in [5.41, 5.74) is 0.520. The van der Waals surface area contributed by atoms with Gasteiger partial charge in [-0.05, 0) is 12.8 Å². The molecule has 0 aromatic carbocycles. The summed E-state index contributed by atoms with van der Waals surface area (Å²) in [6.07, 6.45) is 2.80. The summed E-state index contributed by atoms with van der Waals surface area (Å²) in [7, 11) is 0. The maximum atomic E-state index is 12.0. The van der Waals surface area contributed by atoms with Crippen LogP contribution in [-0.2, 0) is 18.8 Å². The van der Waals surface area contributed by atoms with Crippen LogP contribution >= 0.6 is 12.6 Å². The van der Waals surface area contributed by atoms with Crippen molar-refractivity contribution in [2.45, 2.75) is 52.0 Å². The van der Waals surface area contributed by atoms with E-state index in [0.717, 1.165) is 19.3 Å². The number of thiol groups is 1. The van der Waals surface area contributed by atoms with Crippen LogP contribution in [-0.4, -0.2) is 14.2 Å². The van der Waals surface area contributed by atoms with E-state index in [2.05, 4.69) is 19.6 Å². The van der Waals surface area contributed by atoms with Crippen LogP contribution < -0.4 is 5.69 Å². The van der Waals surface area contributed by atoms with E-state index in [-0.39, 0.29) is 11.6 Å². The first-order valence-electron chi connectivity index (χ1n) is 5.79. The number of nitrogens with zero attached hydrogens (tertiary/aromatic N) is 2. The molecule has 0 aliphatic carbocycles. The Labute approximate surface area is 101 Å². The molecule has 1 N–H and O–H groups in total. The van der Waals surface area contributed by atoms with Crippen molar-refractivity contribution < 1.29 is 5.11 Å². The summed E-state index contributed by atoms with van der Waals surface area (Å²) in [6, 6.07) is 0. The SMILES string of the molecule is CCCCn1c(CS)c(O)n(CCC)c1=O. The second-order valence-corrected chi connectivity index (χ2v) is 4.18. The topological polar surface area (TPSA) is 47.2 Å². The van der Waals surface area contributed by atoms with Crippen LogP contribution in [0.3, 0.4) is 0 Å². The molecule has 0 atom stereocenters. The van der Waals surface area contributed by atoms with Gasteiger partial charge >= 0.3 is 5.69 Å². The van der Waals surface area contributed by atoms with Gasteiger partial charge in [0.05, 0.1) is 5.69 Å². The van der Waals surface area contributed by atoms with Gasteiger partial charge in [0.15, 0.2) is 0 Å². The molecule has 0 saturated carbocycles. The minimum atomic E-state index is -0.114. The van der Waals surface area contributed by atoms with Gasteiger partial charge in [-0.15, -0.1) is 0 Å². The van der Waals surface area contributed by atoms with Gasteiger partial charge in [-0.3, -0.25) is 9.13 Å². The molecule has 0 aliphatic heterocycles. The Morgan fingerprint density at radius 1 is 1.19 bits per heavy atom. The highest BCUT2D eigenvalue weighted by Gasteiger charge is 2.16. The van der Waals surface area contributed by atoms with Gasteiger partial charge in [0, 0.05) is 18.8 Å². The molecule has 0 fully saturated rings. The zero-order chi connectivity index (χ0) is 12.1. The number of hydrogen-bond acceptors (Lipinski definition) is 3. The lowest BCUT2D eigenvalue weighted by Gasteiger charge is -2.03. The highest BCUT2D eigenvalue weighted by Crippen LogP contribution is 2.18. The van der Waals surface area contributed by atoms with Crippen molar-refractivity contribution in [1.82, 2.24) is 9.13 Å². The lowest BCUT2D eigenvalue weighted by atomic mass is 10.3. The van der Waals surface area contributed by atoms with E-state index in [0.29, 0.717) is 24.5 Å². The molecule has 0 amide bonds. The molecule has 1 aromatic heterocycles. The van der Waals surface area contributed by atoms with Crippen LogP contribution in [0.25, 0.3) is 0 Å². The average Bonchev–Trinajstić information content (AvgIpc) is 2.50. The van der Waals surface area contributed by atoms with Crippen molar-refractivity contribution in [2.75, 3.05) is 0 Å². The van der Waals surface area contributed by atoms with Crippen molar-refractivity contribution in [2.24, 2.45) is 0 Å². The first kappa shape index (κ1) is 13.2. The minimum Gasteiger partial charge on any atom is -0.493 e. The Kier molecular flexibility index (Phi) is 4.99. The van der Waals surface area contributed by atoms with Crippen LogP contribution in [0.2, 0.25) is 0 Å². The quantitative estimate of drug-likeness (QED) is 0.752. The van der Waals surface area contributed by atoms with Crippen molar-refractivity contribution in [3.63, 3.8) is 0 Å². The smallest absolute Gasteiger partial charge is 0.331 e. The van der Waals surface area contributed by atoms with Crippen molar-refractivity contribution >= 4 is 12.6 Å². The Bertz CT molecular complexity index is 395. The Morgan fingerprint density at radius 3 is 2.38 bits per heavy atom. The van der Waals surface area contributed by atoms with Crippen LogP contribution in [0, 0.1) is 0 Å². The lowest BCUT2D eigenvalue weighted by Crippen LogP contribution is -2.25. The normalized spacial score (nSPS) is 10.9. The number of unbranched alkanes of at least 4 members (excludes halogenated alkanes) is 1. The van der Waals surface area contributed by atoms with Crippen LogP contribution in [0.1, 0.15) is 38.8 Å². The Morgan fingerprint density at radius 2 is 1.88 bits per heavy atom. The standard InChI is InChI=1S/C11H20N2O2S/c1-3-5-7-12-9(8-16)10(14)13(6-4-2)11(12)15/h14,16H,3-8H2,1-2H3. The fraction of sp³-hybridized carbons (Fsp3) is 0.727. The molecule has 5 heteroatoms. The van der Waals surface area contributed by atoms with Crippen LogP contribution in [0.4, 0.5) is 0 Å². The van der Waals surface area contributed by atoms with Crippen LogP contribution in [0.15, 0.2) is 4.79 Å². The molecule has 1 heterocycles. The van der Waals surface area contributed by atoms with Gasteiger partial charge in [-0.25, -0.2) is 4.79 Å². The van der Waals surface area contributed by atoms with Gasteiger partial charge in [-0.1, -0.05) is 20.3 Å². The summed E-state index contributed by atoms with van der Waals surface area (Å²) in [4.78, 5) is 12.0. The zero-order valence-corrected chi connectivity index (χ0v) is 10.8. The van der Waals surface area contributed by atoms with E-state index in [4.69, 9.17) is 0 Å². The third-order valence-electron chi connectivity index (χ3n) is 2.63. The summed E-state index contributed by atoms with van der Waals surface area (Å²) in [6.45, 7) is 5.28. The molecule has 0 bridgehead atoms. The summed E-state index contributed by atoms with van der Waals surface area (Å²) in [5, 5.41) is 9.91. The first-order chi connectivity index (χ1) is 7.67. The van der Waals surface area contributed by atoms with Crippen molar-refractivity contribution in [3.05, 3.63) is 16.2 Å². The van der Waals surface area contributed by atoms with Gasteiger partial charge in [0.1, 0.15) is 0 Å². The first-order valence-corrected chi connectivity index (χ1v) is 6.42. The molecule has 0 spiro atoms. The maximum absolute atomic E-state index is 12.0. The van der Waals surface area contributed by atoms with E-state index in [1.165, 1.54) is 4.57 Å². The molecule has 4 nitrogen and oxygen atoms in total. The van der Waals surface area contributed by atoms with E-state index >= 15 is 0 Å². The second-order valence-electron chi connectivity index (χ2n) is 3.87. The number of aromatic hydroxyl groups is 1. The number of rotatable bonds is 6. The Balaban J connectivity index is 3.14. The highest BCUT2D eigenvalue weighted by molar-refractivity contribution is 7.79. The molecular weight excluding hydrogens is 224 g/mol. The largest absolute Gasteiger partial charge is 0.493 e. The summed E-state index contributed by atoms with van der Waals surface area (Å²) >= 11 is 4.17. The molecule has 1 rings (SSSR count). The molecule has 0 saturated heterocycles. The molecule has 0 unspecified atom stereocenters. The molecule has 1 aromatic rings. The highest BCUT2D eigenvalue weighted by atomic mass is 32.1. The summed E-state index contributed by atoms with van der Waals surface area (Å²) < 4.78 is 3.07.